The van der Waals surface area contributed by atoms with Crippen LogP contribution in [-0.2, 0) is 16.0 Å². The lowest BCUT2D eigenvalue weighted by Crippen LogP contribution is -2.08. The number of carbonyl (C=O) groups is 1. The highest BCUT2D eigenvalue weighted by Crippen LogP contribution is 2.25. The summed E-state index contributed by atoms with van der Waals surface area (Å²) in [6.07, 6.45) is 4.55. The van der Waals surface area contributed by atoms with Crippen molar-refractivity contribution in [2.75, 3.05) is 6.61 Å². The number of benzene rings is 1. The van der Waals surface area contributed by atoms with E-state index >= 15 is 0 Å². The summed E-state index contributed by atoms with van der Waals surface area (Å²) < 4.78 is 4.95. The van der Waals surface area contributed by atoms with Crippen molar-refractivity contribution in [3.63, 3.8) is 0 Å². The van der Waals surface area contributed by atoms with Crippen molar-refractivity contribution in [2.24, 2.45) is 0 Å². The smallest absolute Gasteiger partial charge is 0.309 e. The van der Waals surface area contributed by atoms with Gasteiger partial charge in [-0.1, -0.05) is 35.9 Å². The van der Waals surface area contributed by atoms with Crippen LogP contribution in [0.4, 0.5) is 0 Å². The van der Waals surface area contributed by atoms with Crippen molar-refractivity contribution in [1.29, 1.82) is 0 Å². The number of fused-ring (bicyclic) bond motifs is 1. The molecule has 2 heteroatoms. The summed E-state index contributed by atoms with van der Waals surface area (Å²) in [5.41, 5.74) is 3.79. The van der Waals surface area contributed by atoms with Gasteiger partial charge < -0.3 is 4.74 Å². The molecule has 0 heterocycles. The Morgan fingerprint density at radius 1 is 1.31 bits per heavy atom. The third-order valence-corrected chi connectivity index (χ3v) is 2.81. The molecule has 1 aliphatic carbocycles. The van der Waals surface area contributed by atoms with Crippen molar-refractivity contribution < 1.29 is 9.53 Å². The summed E-state index contributed by atoms with van der Waals surface area (Å²) >= 11 is 0. The van der Waals surface area contributed by atoms with E-state index in [2.05, 4.69) is 24.3 Å². The van der Waals surface area contributed by atoms with Gasteiger partial charge in [-0.25, -0.2) is 0 Å². The number of ether oxygens (including phenoxy) is 1. The third-order valence-electron chi connectivity index (χ3n) is 2.81. The molecule has 0 radical (unpaired) electrons. The molecule has 84 valence electrons. The molecule has 0 N–H and O–H groups in total. The fourth-order valence-corrected chi connectivity index (χ4v) is 2.03. The van der Waals surface area contributed by atoms with Crippen LogP contribution in [0.1, 0.15) is 30.9 Å². The standard InChI is InChI=1S/C14H16O2/c1-2-16-14(15)10-11-7-8-12-5-3-4-6-13(12)9-11/h3-6,9H,2,7-8,10H2,1H3. The minimum absolute atomic E-state index is 0.117. The minimum Gasteiger partial charge on any atom is -0.466 e. The van der Waals surface area contributed by atoms with Gasteiger partial charge in [-0.3, -0.25) is 4.79 Å². The molecule has 0 bridgehead atoms. The number of carbonyl (C=O) groups excluding carboxylic acids is 1. The minimum atomic E-state index is -0.117. The quantitative estimate of drug-likeness (QED) is 0.726. The molecule has 0 aliphatic heterocycles. The maximum absolute atomic E-state index is 11.4. The SMILES string of the molecule is CCOC(=O)CC1=Cc2ccccc2CC1. The number of hydrogen-bond donors (Lipinski definition) is 0. The van der Waals surface area contributed by atoms with Crippen molar-refractivity contribution in [3.8, 4) is 0 Å². The highest BCUT2D eigenvalue weighted by Gasteiger charge is 2.12. The maximum Gasteiger partial charge on any atom is 0.309 e. The fraction of sp³-hybridized carbons (Fsp3) is 0.357. The van der Waals surface area contributed by atoms with Crippen molar-refractivity contribution in [3.05, 3.63) is 41.0 Å². The molecule has 0 saturated heterocycles. The Balaban J connectivity index is 2.09. The molecular weight excluding hydrogens is 200 g/mol. The molecule has 1 aromatic rings. The summed E-state index contributed by atoms with van der Waals surface area (Å²) in [6, 6.07) is 8.33. The summed E-state index contributed by atoms with van der Waals surface area (Å²) in [5, 5.41) is 0. The van der Waals surface area contributed by atoms with Gasteiger partial charge in [-0.15, -0.1) is 0 Å². The zero-order valence-corrected chi connectivity index (χ0v) is 9.53. The first-order chi connectivity index (χ1) is 7.79. The van der Waals surface area contributed by atoms with Crippen LogP contribution in [0.2, 0.25) is 0 Å². The molecule has 1 aromatic carbocycles. The van der Waals surface area contributed by atoms with Crippen molar-refractivity contribution >= 4 is 12.0 Å². The summed E-state index contributed by atoms with van der Waals surface area (Å²) in [5.74, 6) is -0.117. The average molecular weight is 216 g/mol. The summed E-state index contributed by atoms with van der Waals surface area (Å²) in [7, 11) is 0. The summed E-state index contributed by atoms with van der Waals surface area (Å²) in [4.78, 5) is 11.4. The predicted molar refractivity (Wildman–Crippen MR) is 64.0 cm³/mol. The largest absolute Gasteiger partial charge is 0.466 e. The Kier molecular flexibility index (Phi) is 3.40. The Labute approximate surface area is 95.9 Å². The molecule has 0 unspecified atom stereocenters. The van der Waals surface area contributed by atoms with E-state index in [1.54, 1.807) is 0 Å². The number of esters is 1. The van der Waals surface area contributed by atoms with Gasteiger partial charge >= 0.3 is 5.97 Å². The second-order valence-electron chi connectivity index (χ2n) is 3.98. The van der Waals surface area contributed by atoms with Gasteiger partial charge in [0.2, 0.25) is 0 Å². The molecule has 0 spiro atoms. The van der Waals surface area contributed by atoms with Crippen LogP contribution in [0.5, 0.6) is 0 Å². The first kappa shape index (κ1) is 10.9. The molecule has 0 atom stereocenters. The molecule has 0 amide bonds. The number of aryl methyl sites for hydroxylation is 1. The molecule has 1 aliphatic rings. The van der Waals surface area contributed by atoms with Crippen LogP contribution in [0, 0.1) is 0 Å². The lowest BCUT2D eigenvalue weighted by Gasteiger charge is -2.15. The molecular formula is C14H16O2. The van der Waals surface area contributed by atoms with Crippen LogP contribution in [0.25, 0.3) is 6.08 Å². The Bertz CT molecular complexity index is 418. The van der Waals surface area contributed by atoms with E-state index in [1.807, 2.05) is 13.0 Å². The lowest BCUT2D eigenvalue weighted by atomic mass is 9.91. The monoisotopic (exact) mass is 216 g/mol. The molecule has 2 rings (SSSR count). The van der Waals surface area contributed by atoms with Crippen molar-refractivity contribution in [1.82, 2.24) is 0 Å². The highest BCUT2D eigenvalue weighted by molar-refractivity contribution is 5.75. The van der Waals surface area contributed by atoms with E-state index < -0.39 is 0 Å². The zero-order chi connectivity index (χ0) is 11.4. The molecule has 0 fully saturated rings. The molecule has 16 heavy (non-hydrogen) atoms. The number of hydrogen-bond acceptors (Lipinski definition) is 2. The van der Waals surface area contributed by atoms with E-state index in [9.17, 15) is 4.79 Å². The van der Waals surface area contributed by atoms with Crippen LogP contribution < -0.4 is 0 Å². The van der Waals surface area contributed by atoms with Crippen molar-refractivity contribution in [2.45, 2.75) is 26.2 Å². The van der Waals surface area contributed by atoms with E-state index in [4.69, 9.17) is 4.74 Å². The van der Waals surface area contributed by atoms with E-state index in [1.165, 1.54) is 16.7 Å². The van der Waals surface area contributed by atoms with Gasteiger partial charge in [0.05, 0.1) is 13.0 Å². The van der Waals surface area contributed by atoms with Gasteiger partial charge in [-0.05, 0) is 30.9 Å². The first-order valence-electron chi connectivity index (χ1n) is 5.72. The highest BCUT2D eigenvalue weighted by atomic mass is 16.5. The first-order valence-corrected chi connectivity index (χ1v) is 5.72. The second-order valence-corrected chi connectivity index (χ2v) is 3.98. The molecule has 2 nitrogen and oxygen atoms in total. The van der Waals surface area contributed by atoms with Gasteiger partial charge in [0.25, 0.3) is 0 Å². The summed E-state index contributed by atoms with van der Waals surface area (Å²) in [6.45, 7) is 2.30. The number of rotatable bonds is 3. The maximum atomic E-state index is 11.4. The van der Waals surface area contributed by atoms with Crippen LogP contribution >= 0.6 is 0 Å². The van der Waals surface area contributed by atoms with E-state index in [-0.39, 0.29) is 5.97 Å². The van der Waals surface area contributed by atoms with Gasteiger partial charge in [0.1, 0.15) is 0 Å². The average Bonchev–Trinajstić information content (AvgIpc) is 2.29. The van der Waals surface area contributed by atoms with Gasteiger partial charge in [0.15, 0.2) is 0 Å². The van der Waals surface area contributed by atoms with Gasteiger partial charge in [0, 0.05) is 0 Å². The zero-order valence-electron chi connectivity index (χ0n) is 9.53. The van der Waals surface area contributed by atoms with E-state index in [0.29, 0.717) is 13.0 Å². The third kappa shape index (κ3) is 2.51. The topological polar surface area (TPSA) is 26.3 Å². The molecule has 0 aromatic heterocycles. The van der Waals surface area contributed by atoms with Crippen LogP contribution in [0.15, 0.2) is 29.8 Å². The van der Waals surface area contributed by atoms with Gasteiger partial charge in [-0.2, -0.15) is 0 Å². The van der Waals surface area contributed by atoms with Crippen LogP contribution in [0.3, 0.4) is 0 Å². The molecule has 0 saturated carbocycles. The Hall–Kier alpha value is -1.57. The Morgan fingerprint density at radius 2 is 2.12 bits per heavy atom. The lowest BCUT2D eigenvalue weighted by molar-refractivity contribution is -0.142. The predicted octanol–water partition coefficient (Wildman–Crippen LogP) is 2.97. The fourth-order valence-electron chi connectivity index (χ4n) is 2.03. The Morgan fingerprint density at radius 3 is 2.94 bits per heavy atom. The van der Waals surface area contributed by atoms with Crippen LogP contribution in [-0.4, -0.2) is 12.6 Å². The normalized spacial score (nSPS) is 13.9. The second kappa shape index (κ2) is 4.97. The van der Waals surface area contributed by atoms with E-state index in [0.717, 1.165) is 12.8 Å².